The number of halogens is 2. The molecule has 37 heavy (non-hydrogen) atoms. The highest BCUT2D eigenvalue weighted by molar-refractivity contribution is 7.88. The van der Waals surface area contributed by atoms with Crippen molar-refractivity contribution < 1.29 is 22.3 Å². The van der Waals surface area contributed by atoms with Crippen molar-refractivity contribution in [2.75, 3.05) is 42.7 Å². The summed E-state index contributed by atoms with van der Waals surface area (Å²) in [7, 11) is -3.27. The first-order chi connectivity index (χ1) is 17.4. The Hall–Kier alpha value is -2.90. The van der Waals surface area contributed by atoms with E-state index in [2.05, 4.69) is 20.3 Å². The number of aliphatic hydroxyl groups is 1. The molecule has 2 aromatic heterocycles. The third-order valence-electron chi connectivity index (χ3n) is 7.22. The van der Waals surface area contributed by atoms with Crippen LogP contribution in [0.25, 0.3) is 16.7 Å². The molecule has 10 nitrogen and oxygen atoms in total. The van der Waals surface area contributed by atoms with Crippen molar-refractivity contribution in [2.24, 2.45) is 5.92 Å². The van der Waals surface area contributed by atoms with Crippen molar-refractivity contribution in [1.29, 1.82) is 0 Å². The van der Waals surface area contributed by atoms with E-state index in [0.29, 0.717) is 54.7 Å². The van der Waals surface area contributed by atoms with E-state index < -0.39 is 22.0 Å². The van der Waals surface area contributed by atoms with Crippen molar-refractivity contribution in [3.8, 4) is 5.69 Å². The summed E-state index contributed by atoms with van der Waals surface area (Å²) in [4.78, 5) is 11.6. The molecule has 2 N–H and O–H groups in total. The van der Waals surface area contributed by atoms with Crippen molar-refractivity contribution in [1.82, 2.24) is 24.1 Å². The van der Waals surface area contributed by atoms with Crippen molar-refractivity contribution in [2.45, 2.75) is 44.8 Å². The minimum atomic E-state index is -3.27. The van der Waals surface area contributed by atoms with Crippen LogP contribution in [0.4, 0.5) is 20.5 Å². The normalized spacial score (nSPS) is 18.5. The summed E-state index contributed by atoms with van der Waals surface area (Å²) in [6.45, 7) is 5.63. The highest BCUT2D eigenvalue weighted by Crippen LogP contribution is 2.34. The van der Waals surface area contributed by atoms with Crippen LogP contribution in [-0.2, 0) is 10.0 Å². The second kappa shape index (κ2) is 9.44. The zero-order valence-corrected chi connectivity index (χ0v) is 21.8. The Labute approximate surface area is 214 Å². The minimum Gasteiger partial charge on any atom is -0.390 e. The number of rotatable bonds is 7. The summed E-state index contributed by atoms with van der Waals surface area (Å²) in [6, 6.07) is 5.85. The second-order valence-electron chi connectivity index (χ2n) is 10.4. The number of nitrogens with zero attached hydrogens (tertiary/aromatic N) is 6. The van der Waals surface area contributed by atoms with Crippen LogP contribution in [0.3, 0.4) is 0 Å². The Balaban J connectivity index is 1.50. The molecule has 0 spiro atoms. The first kappa shape index (κ1) is 25.7. The third kappa shape index (κ3) is 5.25. The van der Waals surface area contributed by atoms with E-state index in [0.717, 1.165) is 12.8 Å². The first-order valence-corrected chi connectivity index (χ1v) is 14.1. The van der Waals surface area contributed by atoms with Gasteiger partial charge in [0, 0.05) is 31.7 Å². The molecule has 1 aromatic carbocycles. The van der Waals surface area contributed by atoms with Gasteiger partial charge in [0.15, 0.2) is 5.65 Å². The van der Waals surface area contributed by atoms with Gasteiger partial charge in [-0.1, -0.05) is 12.1 Å². The van der Waals surface area contributed by atoms with E-state index >= 15 is 0 Å². The molecule has 0 aliphatic carbocycles. The number of alkyl halides is 2. The molecular weight excluding hydrogens is 504 g/mol. The van der Waals surface area contributed by atoms with E-state index in [-0.39, 0.29) is 17.5 Å². The summed E-state index contributed by atoms with van der Waals surface area (Å²) < 4.78 is 53.1. The van der Waals surface area contributed by atoms with E-state index in [1.54, 1.807) is 18.3 Å². The van der Waals surface area contributed by atoms with Crippen molar-refractivity contribution >= 4 is 32.8 Å². The molecule has 0 atom stereocenters. The monoisotopic (exact) mass is 535 g/mol. The Morgan fingerprint density at radius 2 is 1.86 bits per heavy atom. The highest BCUT2D eigenvalue weighted by atomic mass is 32.2. The highest BCUT2D eigenvalue weighted by Gasteiger charge is 2.35. The van der Waals surface area contributed by atoms with Gasteiger partial charge < -0.3 is 15.3 Å². The average Bonchev–Trinajstić information content (AvgIpc) is 3.23. The van der Waals surface area contributed by atoms with Crippen LogP contribution in [0, 0.1) is 5.92 Å². The molecule has 0 saturated carbocycles. The van der Waals surface area contributed by atoms with Crippen molar-refractivity contribution in [3.05, 3.63) is 36.0 Å². The Morgan fingerprint density at radius 3 is 2.49 bits per heavy atom. The molecule has 5 rings (SSSR count). The summed E-state index contributed by atoms with van der Waals surface area (Å²) in [5, 5.41) is 18.8. The molecule has 4 heterocycles. The van der Waals surface area contributed by atoms with Gasteiger partial charge in [0.2, 0.25) is 16.0 Å². The molecule has 2 fully saturated rings. The van der Waals surface area contributed by atoms with Crippen LogP contribution < -0.4 is 10.2 Å². The summed E-state index contributed by atoms with van der Waals surface area (Å²) in [5.41, 5.74) is 0.0347. The number of aromatic nitrogens is 4. The molecule has 3 aromatic rings. The molecule has 200 valence electrons. The van der Waals surface area contributed by atoms with Gasteiger partial charge in [-0.05, 0) is 44.7 Å². The predicted molar refractivity (Wildman–Crippen MR) is 137 cm³/mol. The minimum absolute atomic E-state index is 0.113. The quantitative estimate of drug-likeness (QED) is 0.475. The van der Waals surface area contributed by atoms with Gasteiger partial charge >= 0.3 is 0 Å². The lowest BCUT2D eigenvalue weighted by Crippen LogP contribution is -2.56. The lowest BCUT2D eigenvalue weighted by atomic mass is 9.83. The number of sulfonamides is 1. The molecule has 0 radical (unpaired) electrons. The van der Waals surface area contributed by atoms with Gasteiger partial charge in [0.1, 0.15) is 5.82 Å². The molecule has 2 aliphatic heterocycles. The number of benzene rings is 1. The summed E-state index contributed by atoms with van der Waals surface area (Å²) in [5.74, 6) is 1.14. The van der Waals surface area contributed by atoms with Gasteiger partial charge in [-0.25, -0.2) is 21.9 Å². The van der Waals surface area contributed by atoms with E-state index in [1.807, 2.05) is 13.8 Å². The maximum Gasteiger partial charge on any atom is 0.263 e. The van der Waals surface area contributed by atoms with Crippen LogP contribution in [0.5, 0.6) is 0 Å². The van der Waals surface area contributed by atoms with Crippen LogP contribution >= 0.6 is 0 Å². The standard InChI is InChI=1S/C24H31F2N7O3S/c1-24(2,34)16-7-9-31(10-8-16)21-19-12-27-33(18-6-4-5-15(11-18)20(25)26)22(19)30-23(29-21)28-17-13-32(14-17)37(3,35)36/h4-6,11-12,16-17,20,34H,7-10,13-14H2,1-3H3,(H,28,29,30). The number of nitrogens with one attached hydrogen (secondary N) is 1. The molecule has 0 amide bonds. The Bertz CT molecular complexity index is 1390. The fraction of sp³-hybridized carbons (Fsp3) is 0.542. The number of hydrogen-bond acceptors (Lipinski definition) is 8. The van der Waals surface area contributed by atoms with E-state index in [9.17, 15) is 22.3 Å². The fourth-order valence-electron chi connectivity index (χ4n) is 4.96. The maximum atomic E-state index is 13.4. The molecule has 13 heteroatoms. The summed E-state index contributed by atoms with van der Waals surface area (Å²) >= 11 is 0. The number of fused-ring (bicyclic) bond motifs is 1. The largest absolute Gasteiger partial charge is 0.390 e. The van der Waals surface area contributed by atoms with Gasteiger partial charge in [-0.2, -0.15) is 19.4 Å². The zero-order valence-electron chi connectivity index (χ0n) is 21.0. The maximum absolute atomic E-state index is 13.4. The van der Waals surface area contributed by atoms with Gasteiger partial charge in [0.05, 0.1) is 35.2 Å². The van der Waals surface area contributed by atoms with Crippen LogP contribution in [0.15, 0.2) is 30.5 Å². The molecule has 0 unspecified atom stereocenters. The smallest absolute Gasteiger partial charge is 0.263 e. The number of piperidine rings is 1. The second-order valence-corrected chi connectivity index (χ2v) is 12.4. The molecule has 0 bridgehead atoms. The molecule has 2 aliphatic rings. The Kier molecular flexibility index (Phi) is 6.57. The van der Waals surface area contributed by atoms with Crippen molar-refractivity contribution in [3.63, 3.8) is 0 Å². The van der Waals surface area contributed by atoms with E-state index in [4.69, 9.17) is 4.98 Å². The van der Waals surface area contributed by atoms with Gasteiger partial charge in [0.25, 0.3) is 6.43 Å². The summed E-state index contributed by atoms with van der Waals surface area (Å²) in [6.07, 6.45) is 1.77. The van der Waals surface area contributed by atoms with Crippen LogP contribution in [0.2, 0.25) is 0 Å². The van der Waals surface area contributed by atoms with E-state index in [1.165, 1.54) is 27.4 Å². The van der Waals surface area contributed by atoms with Gasteiger partial charge in [-0.3, -0.25) is 0 Å². The Morgan fingerprint density at radius 1 is 1.16 bits per heavy atom. The van der Waals surface area contributed by atoms with Gasteiger partial charge in [-0.15, -0.1) is 0 Å². The van der Waals surface area contributed by atoms with Crippen LogP contribution in [-0.4, -0.2) is 81.7 Å². The molecular formula is C24H31F2N7O3S. The number of hydrogen-bond donors (Lipinski definition) is 2. The lowest BCUT2D eigenvalue weighted by molar-refractivity contribution is 0.00648. The first-order valence-electron chi connectivity index (χ1n) is 12.2. The lowest BCUT2D eigenvalue weighted by Gasteiger charge is -2.39. The topological polar surface area (TPSA) is 116 Å². The average molecular weight is 536 g/mol. The predicted octanol–water partition coefficient (Wildman–Crippen LogP) is 2.80. The fourth-order valence-corrected chi connectivity index (χ4v) is 5.86. The zero-order chi connectivity index (χ0) is 26.5. The third-order valence-corrected chi connectivity index (χ3v) is 8.46. The SMILES string of the molecule is CC(C)(O)C1CCN(c2nc(NC3CN(S(C)(=O)=O)C3)nc3c2cnn3-c2cccc(C(F)F)c2)CC1. The van der Waals surface area contributed by atoms with Crippen LogP contribution in [0.1, 0.15) is 38.7 Å². The number of anilines is 2. The molecule has 2 saturated heterocycles.